The summed E-state index contributed by atoms with van der Waals surface area (Å²) in [4.78, 5) is 12.2. The average molecular weight is 325 g/mol. The van der Waals surface area contributed by atoms with Crippen molar-refractivity contribution in [3.05, 3.63) is 0 Å². The normalized spacial score (nSPS) is 29.5. The van der Waals surface area contributed by atoms with E-state index in [-0.39, 0.29) is 24.0 Å². The molecule has 3 fully saturated rings. The highest BCUT2D eigenvalue weighted by atomic mass is 16.5. The molecule has 1 spiro atoms. The van der Waals surface area contributed by atoms with Gasteiger partial charge in [-0.2, -0.15) is 0 Å². The van der Waals surface area contributed by atoms with Crippen LogP contribution in [0, 0.1) is 10.8 Å². The van der Waals surface area contributed by atoms with Gasteiger partial charge in [0.1, 0.15) is 0 Å². The highest BCUT2D eigenvalue weighted by Gasteiger charge is 2.38. The van der Waals surface area contributed by atoms with Gasteiger partial charge in [-0.25, -0.2) is 0 Å². The summed E-state index contributed by atoms with van der Waals surface area (Å²) < 4.78 is 11.4. The van der Waals surface area contributed by atoms with Gasteiger partial charge in [-0.15, -0.1) is 0 Å². The van der Waals surface area contributed by atoms with Gasteiger partial charge in [-0.05, 0) is 43.9 Å². The van der Waals surface area contributed by atoms with Gasteiger partial charge in [0, 0.05) is 25.2 Å². The molecule has 0 aromatic rings. The third-order valence-electron chi connectivity index (χ3n) is 6.25. The number of rotatable bonds is 5. The molecule has 0 aromatic carbocycles. The average Bonchev–Trinajstić information content (AvgIpc) is 3.06. The Kier molecular flexibility index (Phi) is 5.60. The highest BCUT2D eigenvalue weighted by Crippen LogP contribution is 2.40. The molecule has 5 nitrogen and oxygen atoms in total. The monoisotopic (exact) mass is 325 g/mol. The van der Waals surface area contributed by atoms with Crippen LogP contribution in [0.3, 0.4) is 0 Å². The summed E-state index contributed by atoms with van der Waals surface area (Å²) in [6, 6.07) is 0. The first-order valence-electron chi connectivity index (χ1n) is 9.22. The second kappa shape index (κ2) is 7.49. The Morgan fingerprint density at radius 1 is 1.13 bits per heavy atom. The van der Waals surface area contributed by atoms with E-state index in [1.165, 1.54) is 0 Å². The third-order valence-corrected chi connectivity index (χ3v) is 6.25. The van der Waals surface area contributed by atoms with E-state index < -0.39 is 0 Å². The van der Waals surface area contributed by atoms with E-state index >= 15 is 0 Å². The Morgan fingerprint density at radius 3 is 2.48 bits per heavy atom. The van der Waals surface area contributed by atoms with Crippen LogP contribution in [0.1, 0.15) is 57.8 Å². The predicted molar refractivity (Wildman–Crippen MR) is 87.1 cm³/mol. The molecule has 2 saturated heterocycles. The Bertz CT molecular complexity index is 390. The van der Waals surface area contributed by atoms with Gasteiger partial charge in [0.2, 0.25) is 5.91 Å². The number of carbonyl (C=O) groups is 1. The van der Waals surface area contributed by atoms with E-state index in [0.717, 1.165) is 71.2 Å². The largest absolute Gasteiger partial charge is 0.396 e. The van der Waals surface area contributed by atoms with Crippen molar-refractivity contribution in [2.75, 3.05) is 33.0 Å². The molecule has 2 aliphatic heterocycles. The SMILES string of the molecule is O=C(CC1CCC2(CCOCC2)CO1)NCC1(CO)CCCC1. The minimum atomic E-state index is -0.0742. The summed E-state index contributed by atoms with van der Waals surface area (Å²) in [5.74, 6) is 0.0673. The Hall–Kier alpha value is -0.650. The van der Waals surface area contributed by atoms with Crippen molar-refractivity contribution in [2.45, 2.75) is 63.9 Å². The molecule has 132 valence electrons. The van der Waals surface area contributed by atoms with Gasteiger partial charge in [-0.1, -0.05) is 12.8 Å². The lowest BCUT2D eigenvalue weighted by Crippen LogP contribution is -2.43. The molecule has 0 bridgehead atoms. The van der Waals surface area contributed by atoms with E-state index in [2.05, 4.69) is 5.32 Å². The van der Waals surface area contributed by atoms with Crippen LogP contribution in [0.25, 0.3) is 0 Å². The molecule has 0 radical (unpaired) electrons. The molecule has 3 rings (SSSR count). The van der Waals surface area contributed by atoms with Crippen LogP contribution in [-0.4, -0.2) is 50.1 Å². The zero-order valence-electron chi connectivity index (χ0n) is 14.1. The zero-order valence-corrected chi connectivity index (χ0v) is 14.1. The van der Waals surface area contributed by atoms with Crippen molar-refractivity contribution in [1.29, 1.82) is 0 Å². The Balaban J connectivity index is 1.39. The van der Waals surface area contributed by atoms with Crippen molar-refractivity contribution in [3.63, 3.8) is 0 Å². The van der Waals surface area contributed by atoms with Gasteiger partial charge in [-0.3, -0.25) is 4.79 Å². The molecular formula is C18H31NO4. The second-order valence-electron chi connectivity index (χ2n) is 7.93. The first-order valence-corrected chi connectivity index (χ1v) is 9.22. The maximum absolute atomic E-state index is 12.2. The number of nitrogens with one attached hydrogen (secondary N) is 1. The van der Waals surface area contributed by atoms with Gasteiger partial charge in [0.25, 0.3) is 0 Å². The predicted octanol–water partition coefficient (Wildman–Crippen LogP) is 2.02. The van der Waals surface area contributed by atoms with Crippen molar-refractivity contribution in [1.82, 2.24) is 5.32 Å². The first-order chi connectivity index (χ1) is 11.2. The summed E-state index contributed by atoms with van der Waals surface area (Å²) in [6.07, 6.45) is 9.17. The zero-order chi connectivity index (χ0) is 16.2. The van der Waals surface area contributed by atoms with E-state index in [1.807, 2.05) is 0 Å². The van der Waals surface area contributed by atoms with Crippen LogP contribution >= 0.6 is 0 Å². The second-order valence-corrected chi connectivity index (χ2v) is 7.93. The lowest BCUT2D eigenvalue weighted by atomic mass is 9.75. The maximum Gasteiger partial charge on any atom is 0.222 e. The Morgan fingerprint density at radius 2 is 1.87 bits per heavy atom. The highest BCUT2D eigenvalue weighted by molar-refractivity contribution is 5.76. The smallest absolute Gasteiger partial charge is 0.222 e. The first kappa shape index (κ1) is 17.2. The molecule has 2 N–H and O–H groups in total. The number of hydrogen-bond acceptors (Lipinski definition) is 4. The van der Waals surface area contributed by atoms with Crippen LogP contribution in [0.5, 0.6) is 0 Å². The van der Waals surface area contributed by atoms with Crippen LogP contribution < -0.4 is 5.32 Å². The van der Waals surface area contributed by atoms with E-state index in [0.29, 0.717) is 18.4 Å². The van der Waals surface area contributed by atoms with Gasteiger partial charge < -0.3 is 19.9 Å². The van der Waals surface area contributed by atoms with E-state index in [1.54, 1.807) is 0 Å². The Labute approximate surface area is 139 Å². The summed E-state index contributed by atoms with van der Waals surface area (Å²) in [5, 5.41) is 12.6. The molecule has 0 aromatic heterocycles. The van der Waals surface area contributed by atoms with Crippen molar-refractivity contribution in [3.8, 4) is 0 Å². The molecule has 23 heavy (non-hydrogen) atoms. The molecular weight excluding hydrogens is 294 g/mol. The topological polar surface area (TPSA) is 67.8 Å². The van der Waals surface area contributed by atoms with Gasteiger partial charge in [0.05, 0.1) is 25.7 Å². The number of carbonyl (C=O) groups excluding carboxylic acids is 1. The molecule has 2 heterocycles. The van der Waals surface area contributed by atoms with Gasteiger partial charge in [0.15, 0.2) is 0 Å². The molecule has 1 unspecified atom stereocenters. The van der Waals surface area contributed by atoms with E-state index in [9.17, 15) is 9.90 Å². The third kappa shape index (κ3) is 4.25. The maximum atomic E-state index is 12.2. The quantitative estimate of drug-likeness (QED) is 0.811. The molecule has 5 heteroatoms. The lowest BCUT2D eigenvalue weighted by Gasteiger charge is -2.42. The van der Waals surface area contributed by atoms with Crippen molar-refractivity contribution < 1.29 is 19.4 Å². The fourth-order valence-corrected chi connectivity index (χ4v) is 4.36. The van der Waals surface area contributed by atoms with Crippen LogP contribution in [0.15, 0.2) is 0 Å². The molecule has 1 atom stereocenters. The lowest BCUT2D eigenvalue weighted by molar-refractivity contribution is -0.133. The summed E-state index contributed by atoms with van der Waals surface area (Å²) in [6.45, 7) is 3.25. The molecule has 1 saturated carbocycles. The number of aliphatic hydroxyl groups is 1. The van der Waals surface area contributed by atoms with E-state index in [4.69, 9.17) is 9.47 Å². The number of hydrogen-bond donors (Lipinski definition) is 2. The standard InChI is InChI=1S/C18H31NO4/c20-13-18(4-1-2-5-18)12-19-16(21)11-15-3-6-17(14-23-15)7-9-22-10-8-17/h15,20H,1-14H2,(H,19,21). The molecule has 1 aliphatic carbocycles. The van der Waals surface area contributed by atoms with Crippen molar-refractivity contribution >= 4 is 5.91 Å². The summed E-state index contributed by atoms with van der Waals surface area (Å²) >= 11 is 0. The van der Waals surface area contributed by atoms with Crippen LogP contribution in [-0.2, 0) is 14.3 Å². The fraction of sp³-hybridized carbons (Fsp3) is 0.944. The number of ether oxygens (including phenoxy) is 2. The van der Waals surface area contributed by atoms with Crippen molar-refractivity contribution in [2.24, 2.45) is 10.8 Å². The van der Waals surface area contributed by atoms with Crippen LogP contribution in [0.2, 0.25) is 0 Å². The minimum Gasteiger partial charge on any atom is -0.396 e. The van der Waals surface area contributed by atoms with Crippen LogP contribution in [0.4, 0.5) is 0 Å². The minimum absolute atomic E-state index is 0.0529. The molecule has 3 aliphatic rings. The van der Waals surface area contributed by atoms with Gasteiger partial charge >= 0.3 is 0 Å². The fourth-order valence-electron chi connectivity index (χ4n) is 4.36. The molecule has 1 amide bonds. The summed E-state index contributed by atoms with van der Waals surface area (Å²) in [5.41, 5.74) is 0.227. The number of amides is 1. The number of aliphatic hydroxyl groups excluding tert-OH is 1. The summed E-state index contributed by atoms with van der Waals surface area (Å²) in [7, 11) is 0.